The standard InChI is InChI=1S/C16H22N2O3/c1-2-16(7-9-17-10-8-16)15(21)18-11-12-3-5-13(6-4-12)14(19)20/h3-6,17H,2,7-11H2,1H3,(H,18,21)(H,19,20). The summed E-state index contributed by atoms with van der Waals surface area (Å²) >= 11 is 0. The third-order valence-corrected chi connectivity index (χ3v) is 4.37. The maximum Gasteiger partial charge on any atom is 0.335 e. The maximum atomic E-state index is 12.5. The third-order valence-electron chi connectivity index (χ3n) is 4.37. The molecule has 0 bridgehead atoms. The van der Waals surface area contributed by atoms with Gasteiger partial charge in [-0.25, -0.2) is 4.79 Å². The van der Waals surface area contributed by atoms with Gasteiger partial charge in [-0.05, 0) is 50.0 Å². The van der Waals surface area contributed by atoms with Crippen LogP contribution in [-0.4, -0.2) is 30.1 Å². The molecule has 2 rings (SSSR count). The molecule has 0 spiro atoms. The molecule has 0 aromatic heterocycles. The highest BCUT2D eigenvalue weighted by atomic mass is 16.4. The number of carboxylic acids is 1. The first-order chi connectivity index (χ1) is 10.1. The van der Waals surface area contributed by atoms with Gasteiger partial charge < -0.3 is 15.7 Å². The number of benzene rings is 1. The van der Waals surface area contributed by atoms with E-state index in [9.17, 15) is 9.59 Å². The Hall–Kier alpha value is -1.88. The van der Waals surface area contributed by atoms with Crippen LogP contribution in [0.15, 0.2) is 24.3 Å². The van der Waals surface area contributed by atoms with Gasteiger partial charge in [-0.2, -0.15) is 0 Å². The normalized spacial score (nSPS) is 17.2. The molecule has 0 saturated carbocycles. The van der Waals surface area contributed by atoms with Gasteiger partial charge in [0.15, 0.2) is 0 Å². The van der Waals surface area contributed by atoms with Crippen molar-refractivity contribution in [2.75, 3.05) is 13.1 Å². The van der Waals surface area contributed by atoms with Gasteiger partial charge in [0.05, 0.1) is 11.0 Å². The molecule has 0 radical (unpaired) electrons. The van der Waals surface area contributed by atoms with Crippen LogP contribution in [0.5, 0.6) is 0 Å². The van der Waals surface area contributed by atoms with Crippen LogP contribution in [0.3, 0.4) is 0 Å². The molecular weight excluding hydrogens is 268 g/mol. The number of piperidine rings is 1. The first-order valence-corrected chi connectivity index (χ1v) is 7.39. The summed E-state index contributed by atoms with van der Waals surface area (Å²) in [7, 11) is 0. The van der Waals surface area contributed by atoms with E-state index in [1.54, 1.807) is 24.3 Å². The second-order valence-corrected chi connectivity index (χ2v) is 5.57. The molecule has 21 heavy (non-hydrogen) atoms. The number of aromatic carboxylic acids is 1. The highest BCUT2D eigenvalue weighted by Crippen LogP contribution is 2.32. The molecule has 3 N–H and O–H groups in total. The van der Waals surface area contributed by atoms with E-state index in [2.05, 4.69) is 17.6 Å². The van der Waals surface area contributed by atoms with E-state index in [1.807, 2.05) is 0 Å². The molecule has 0 aliphatic carbocycles. The van der Waals surface area contributed by atoms with Crippen molar-refractivity contribution in [1.82, 2.24) is 10.6 Å². The Morgan fingerprint density at radius 2 is 1.86 bits per heavy atom. The van der Waals surface area contributed by atoms with Gasteiger partial charge in [-0.3, -0.25) is 4.79 Å². The average molecular weight is 290 g/mol. The Labute approximate surface area is 124 Å². The van der Waals surface area contributed by atoms with E-state index in [0.29, 0.717) is 6.54 Å². The highest BCUT2D eigenvalue weighted by Gasteiger charge is 2.37. The number of nitrogens with one attached hydrogen (secondary N) is 2. The van der Waals surface area contributed by atoms with Gasteiger partial charge in [-0.15, -0.1) is 0 Å². The monoisotopic (exact) mass is 290 g/mol. The number of hydrogen-bond acceptors (Lipinski definition) is 3. The largest absolute Gasteiger partial charge is 0.478 e. The molecule has 0 unspecified atom stereocenters. The fourth-order valence-electron chi connectivity index (χ4n) is 2.78. The van der Waals surface area contributed by atoms with E-state index in [1.165, 1.54) is 0 Å². The lowest BCUT2D eigenvalue weighted by Gasteiger charge is -2.35. The third kappa shape index (κ3) is 3.61. The highest BCUT2D eigenvalue weighted by molar-refractivity contribution is 5.87. The number of carboxylic acid groups (broad SMARTS) is 1. The van der Waals surface area contributed by atoms with Crippen LogP contribution in [0.4, 0.5) is 0 Å². The quantitative estimate of drug-likeness (QED) is 0.772. The predicted octanol–water partition coefficient (Wildman–Crippen LogP) is 1.78. The van der Waals surface area contributed by atoms with Crippen LogP contribution in [0.25, 0.3) is 0 Å². The minimum Gasteiger partial charge on any atom is -0.478 e. The van der Waals surface area contributed by atoms with Gasteiger partial charge in [0, 0.05) is 6.54 Å². The van der Waals surface area contributed by atoms with Crippen LogP contribution in [0.2, 0.25) is 0 Å². The zero-order valence-corrected chi connectivity index (χ0v) is 12.3. The van der Waals surface area contributed by atoms with Crippen molar-refractivity contribution in [3.05, 3.63) is 35.4 Å². The fourth-order valence-corrected chi connectivity index (χ4v) is 2.78. The lowest BCUT2D eigenvalue weighted by molar-refractivity contribution is -0.133. The van der Waals surface area contributed by atoms with Crippen LogP contribution < -0.4 is 10.6 Å². The fraction of sp³-hybridized carbons (Fsp3) is 0.500. The molecule has 1 saturated heterocycles. The lowest BCUT2D eigenvalue weighted by atomic mass is 9.76. The van der Waals surface area contributed by atoms with Gasteiger partial charge in [0.2, 0.25) is 5.91 Å². The summed E-state index contributed by atoms with van der Waals surface area (Å²) in [5, 5.41) is 15.1. The molecule has 1 aliphatic rings. The number of amides is 1. The Bertz CT molecular complexity index is 505. The molecule has 1 aromatic rings. The molecule has 114 valence electrons. The number of rotatable bonds is 5. The minimum atomic E-state index is -0.940. The van der Waals surface area contributed by atoms with Crippen molar-refractivity contribution in [3.63, 3.8) is 0 Å². The number of carbonyl (C=O) groups is 2. The Balaban J connectivity index is 1.95. The number of carbonyl (C=O) groups excluding carboxylic acids is 1. The van der Waals surface area contributed by atoms with E-state index in [4.69, 9.17) is 5.11 Å². The lowest BCUT2D eigenvalue weighted by Crippen LogP contribution is -2.47. The molecule has 5 nitrogen and oxygen atoms in total. The zero-order valence-electron chi connectivity index (χ0n) is 12.3. The first-order valence-electron chi connectivity index (χ1n) is 7.39. The molecule has 5 heteroatoms. The zero-order chi connectivity index (χ0) is 15.3. The molecule has 0 atom stereocenters. The van der Waals surface area contributed by atoms with E-state index in [0.717, 1.165) is 37.9 Å². The molecule has 1 heterocycles. The molecule has 1 aromatic carbocycles. The summed E-state index contributed by atoms with van der Waals surface area (Å²) in [6.07, 6.45) is 2.58. The molecular formula is C16H22N2O3. The van der Waals surface area contributed by atoms with Crippen LogP contribution in [-0.2, 0) is 11.3 Å². The first kappa shape index (κ1) is 15.5. The Morgan fingerprint density at radius 3 is 2.38 bits per heavy atom. The van der Waals surface area contributed by atoms with Gasteiger partial charge in [0.1, 0.15) is 0 Å². The van der Waals surface area contributed by atoms with Gasteiger partial charge >= 0.3 is 5.97 Å². The summed E-state index contributed by atoms with van der Waals surface area (Å²) in [6.45, 7) is 4.27. The molecule has 1 amide bonds. The van der Waals surface area contributed by atoms with Crippen LogP contribution in [0, 0.1) is 5.41 Å². The topological polar surface area (TPSA) is 78.4 Å². The van der Waals surface area contributed by atoms with Crippen molar-refractivity contribution >= 4 is 11.9 Å². The van der Waals surface area contributed by atoms with Crippen molar-refractivity contribution in [1.29, 1.82) is 0 Å². The SMILES string of the molecule is CCC1(C(=O)NCc2ccc(C(=O)O)cc2)CCNCC1. The average Bonchev–Trinajstić information content (AvgIpc) is 2.53. The smallest absolute Gasteiger partial charge is 0.335 e. The van der Waals surface area contributed by atoms with Crippen molar-refractivity contribution < 1.29 is 14.7 Å². The number of hydrogen-bond donors (Lipinski definition) is 3. The minimum absolute atomic E-state index is 0.105. The van der Waals surface area contributed by atoms with Gasteiger partial charge in [-0.1, -0.05) is 19.1 Å². The van der Waals surface area contributed by atoms with E-state index < -0.39 is 5.97 Å². The van der Waals surface area contributed by atoms with Crippen molar-refractivity contribution in [2.45, 2.75) is 32.7 Å². The van der Waals surface area contributed by atoms with Crippen molar-refractivity contribution in [2.24, 2.45) is 5.41 Å². The summed E-state index contributed by atoms with van der Waals surface area (Å²) < 4.78 is 0. The van der Waals surface area contributed by atoms with Crippen LogP contribution >= 0.6 is 0 Å². The van der Waals surface area contributed by atoms with Crippen molar-refractivity contribution in [3.8, 4) is 0 Å². The summed E-state index contributed by atoms with van der Waals surface area (Å²) in [6, 6.07) is 6.60. The second-order valence-electron chi connectivity index (χ2n) is 5.57. The Kier molecular flexibility index (Phi) is 4.96. The van der Waals surface area contributed by atoms with E-state index >= 15 is 0 Å². The summed E-state index contributed by atoms with van der Waals surface area (Å²) in [4.78, 5) is 23.3. The van der Waals surface area contributed by atoms with Gasteiger partial charge in [0.25, 0.3) is 0 Å². The Morgan fingerprint density at radius 1 is 1.24 bits per heavy atom. The summed E-state index contributed by atoms with van der Waals surface area (Å²) in [5.74, 6) is -0.834. The van der Waals surface area contributed by atoms with E-state index in [-0.39, 0.29) is 16.9 Å². The van der Waals surface area contributed by atoms with Crippen LogP contribution in [0.1, 0.15) is 42.1 Å². The second kappa shape index (κ2) is 6.72. The summed E-state index contributed by atoms with van der Waals surface area (Å²) in [5.41, 5.74) is 0.911. The molecule has 1 aliphatic heterocycles. The maximum absolute atomic E-state index is 12.5. The predicted molar refractivity (Wildman–Crippen MR) is 80.1 cm³/mol. The molecule has 1 fully saturated rings.